The number of rotatable bonds is 9. The highest BCUT2D eigenvalue weighted by Gasteiger charge is 2.46. The molecule has 0 radical (unpaired) electrons. The second kappa shape index (κ2) is 13.0. The maximum atomic E-state index is 14.4. The van der Waals surface area contributed by atoms with Gasteiger partial charge in [-0.3, -0.25) is 14.8 Å². The van der Waals surface area contributed by atoms with Crippen molar-refractivity contribution < 1.29 is 19.8 Å². The number of hydrogen-bond donors (Lipinski definition) is 2. The van der Waals surface area contributed by atoms with Gasteiger partial charge in [0.1, 0.15) is 6.04 Å². The Hall–Kier alpha value is -4.62. The molecule has 6 rings (SSSR count). The Morgan fingerprint density at radius 1 is 1.00 bits per heavy atom. The first-order valence-electron chi connectivity index (χ1n) is 16.0. The van der Waals surface area contributed by atoms with E-state index in [-0.39, 0.29) is 29.7 Å². The van der Waals surface area contributed by atoms with E-state index >= 15 is 0 Å². The lowest BCUT2D eigenvalue weighted by atomic mass is 9.63. The van der Waals surface area contributed by atoms with Crippen molar-refractivity contribution in [3.8, 4) is 11.1 Å². The van der Waals surface area contributed by atoms with E-state index in [1.54, 1.807) is 18.6 Å². The maximum Gasteiger partial charge on any atom is 0.326 e. The predicted octanol–water partition coefficient (Wildman–Crippen LogP) is 6.33. The van der Waals surface area contributed by atoms with Gasteiger partial charge in [-0.05, 0) is 64.6 Å². The molecular weight excluding hydrogens is 574 g/mol. The summed E-state index contributed by atoms with van der Waals surface area (Å²) < 4.78 is 0. The van der Waals surface area contributed by atoms with E-state index in [2.05, 4.69) is 42.1 Å². The normalized spacial score (nSPS) is 25.8. The van der Waals surface area contributed by atoms with Gasteiger partial charge in [0.25, 0.3) is 0 Å². The Bertz CT molecular complexity index is 1690. The Morgan fingerprint density at radius 3 is 2.43 bits per heavy atom. The number of nitrogens with zero attached hydrogens (tertiary/aromatic N) is 3. The molecule has 0 bridgehead atoms. The minimum absolute atomic E-state index is 0.113. The van der Waals surface area contributed by atoms with Crippen molar-refractivity contribution in [1.29, 1.82) is 0 Å². The van der Waals surface area contributed by atoms with Crippen LogP contribution in [0, 0.1) is 11.3 Å². The number of aliphatic hydroxyl groups excluding tert-OH is 1. The molecule has 2 heterocycles. The Morgan fingerprint density at radius 2 is 1.76 bits per heavy atom. The lowest BCUT2D eigenvalue weighted by Crippen LogP contribution is -2.52. The van der Waals surface area contributed by atoms with Crippen LogP contribution in [0.5, 0.6) is 0 Å². The number of aliphatic hydroxyl groups is 1. The number of carboxylic acid groups (broad SMARTS) is 1. The number of aromatic nitrogens is 1. The van der Waals surface area contributed by atoms with Gasteiger partial charge in [0.2, 0.25) is 5.91 Å². The van der Waals surface area contributed by atoms with Crippen molar-refractivity contribution in [3.05, 3.63) is 126 Å². The highest BCUT2D eigenvalue weighted by molar-refractivity contribution is 5.86. The quantitative estimate of drug-likeness (QED) is 0.293. The minimum atomic E-state index is -1.12. The van der Waals surface area contributed by atoms with Crippen LogP contribution in [-0.2, 0) is 28.0 Å². The molecule has 1 fully saturated rings. The van der Waals surface area contributed by atoms with E-state index < -0.39 is 24.0 Å². The molecule has 3 aliphatic rings. The van der Waals surface area contributed by atoms with Gasteiger partial charge in [0.15, 0.2) is 0 Å². The van der Waals surface area contributed by atoms with Crippen molar-refractivity contribution >= 4 is 18.1 Å². The zero-order valence-electron chi connectivity index (χ0n) is 26.4. The van der Waals surface area contributed by atoms with Crippen LogP contribution in [0.4, 0.5) is 0 Å². The number of benzene rings is 2. The van der Waals surface area contributed by atoms with Crippen LogP contribution in [0.1, 0.15) is 49.8 Å². The number of allylic oxidation sites excluding steroid dienone is 5. The SMILES string of the molecule is CC12CC=CC=C1CC(C(=O)N(Cc1ccc(-c3cccnc3)cc1)C(Cc1ccc(C3(C)C=CC=NC3)cc1)C(=O)O)C(O)C2. The van der Waals surface area contributed by atoms with Crippen molar-refractivity contribution in [1.82, 2.24) is 9.88 Å². The summed E-state index contributed by atoms with van der Waals surface area (Å²) in [6.45, 7) is 5.03. The molecule has 0 spiro atoms. The first-order chi connectivity index (χ1) is 22.1. The average molecular weight is 616 g/mol. The Balaban J connectivity index is 1.30. The topological polar surface area (TPSA) is 103 Å². The number of dihydropyridines is 1. The number of aliphatic imine (C=N–C) groups is 1. The average Bonchev–Trinajstić information content (AvgIpc) is 3.06. The van der Waals surface area contributed by atoms with Crippen LogP contribution >= 0.6 is 0 Å². The molecule has 7 heteroatoms. The number of carbonyl (C=O) groups excluding carboxylic acids is 1. The van der Waals surface area contributed by atoms with Gasteiger partial charge in [-0.2, -0.15) is 0 Å². The largest absolute Gasteiger partial charge is 0.480 e. The van der Waals surface area contributed by atoms with Gasteiger partial charge in [-0.1, -0.05) is 98.3 Å². The third kappa shape index (κ3) is 6.51. The van der Waals surface area contributed by atoms with Gasteiger partial charge in [-0.15, -0.1) is 0 Å². The molecule has 2 aromatic carbocycles. The summed E-state index contributed by atoms with van der Waals surface area (Å²) in [4.78, 5) is 37.5. The van der Waals surface area contributed by atoms with E-state index in [0.29, 0.717) is 19.4 Å². The second-order valence-electron chi connectivity index (χ2n) is 13.4. The van der Waals surface area contributed by atoms with Crippen molar-refractivity contribution in [2.24, 2.45) is 16.3 Å². The zero-order valence-corrected chi connectivity index (χ0v) is 26.4. The summed E-state index contributed by atoms with van der Waals surface area (Å²) in [5.41, 5.74) is 5.41. The van der Waals surface area contributed by atoms with E-state index in [4.69, 9.17) is 0 Å². The third-order valence-electron chi connectivity index (χ3n) is 10.0. The fraction of sp³-hybridized carbons (Fsp3) is 0.333. The lowest BCUT2D eigenvalue weighted by molar-refractivity contribution is -0.155. The summed E-state index contributed by atoms with van der Waals surface area (Å²) in [6, 6.07) is 18.5. The molecule has 0 saturated heterocycles. The molecule has 1 aliphatic heterocycles. The van der Waals surface area contributed by atoms with Crippen molar-refractivity contribution in [2.75, 3.05) is 6.54 Å². The third-order valence-corrected chi connectivity index (χ3v) is 10.0. The number of amides is 1. The number of carbonyl (C=O) groups is 2. The zero-order chi connectivity index (χ0) is 32.3. The van der Waals surface area contributed by atoms with Gasteiger partial charge >= 0.3 is 5.97 Å². The van der Waals surface area contributed by atoms with Crippen LogP contribution < -0.4 is 0 Å². The minimum Gasteiger partial charge on any atom is -0.480 e. The Labute approximate surface area is 270 Å². The summed E-state index contributed by atoms with van der Waals surface area (Å²) in [6.07, 6.45) is 16.5. The standard InChI is InChI=1S/C39H41N3O4/c1-38-17-4-3-8-32(38)22-33(35(43)23-38)36(44)42(25-28-9-13-29(14-10-28)30-7-5-19-40-24-30)34(37(45)46)21-27-11-15-31(16-12-27)39(2)18-6-20-41-26-39/h3-16,18-20,24,33-35,43H,17,21-23,25-26H2,1-2H3,(H,45,46). The number of carboxylic acids is 1. The number of aliphatic carboxylic acids is 1. The lowest BCUT2D eigenvalue weighted by Gasteiger charge is -2.44. The van der Waals surface area contributed by atoms with E-state index in [1.165, 1.54) is 4.90 Å². The molecule has 46 heavy (non-hydrogen) atoms. The molecule has 1 aromatic heterocycles. The monoisotopic (exact) mass is 615 g/mol. The number of pyridine rings is 1. The smallest absolute Gasteiger partial charge is 0.326 e. The first-order valence-corrected chi connectivity index (χ1v) is 16.0. The summed E-state index contributed by atoms with van der Waals surface area (Å²) in [7, 11) is 0. The molecule has 5 atom stereocenters. The predicted molar refractivity (Wildman–Crippen MR) is 180 cm³/mol. The summed E-state index contributed by atoms with van der Waals surface area (Å²) in [5, 5.41) is 22.0. The molecule has 1 amide bonds. The molecular formula is C39H41N3O4. The molecule has 5 unspecified atom stereocenters. The van der Waals surface area contributed by atoms with Gasteiger partial charge in [0.05, 0.1) is 18.6 Å². The van der Waals surface area contributed by atoms with Crippen molar-refractivity contribution in [2.45, 2.75) is 63.6 Å². The van der Waals surface area contributed by atoms with E-state index in [1.807, 2.05) is 72.8 Å². The van der Waals surface area contributed by atoms with Crippen molar-refractivity contribution in [3.63, 3.8) is 0 Å². The molecule has 3 aromatic rings. The molecule has 2 aliphatic carbocycles. The van der Waals surface area contributed by atoms with E-state index in [0.717, 1.165) is 39.8 Å². The van der Waals surface area contributed by atoms with Gasteiger partial charge in [-0.25, -0.2) is 4.79 Å². The summed E-state index contributed by atoms with van der Waals surface area (Å²) >= 11 is 0. The van der Waals surface area contributed by atoms with E-state index in [9.17, 15) is 19.8 Å². The van der Waals surface area contributed by atoms with Crippen LogP contribution in [-0.4, -0.2) is 56.9 Å². The highest BCUT2D eigenvalue weighted by Crippen LogP contribution is 2.48. The number of fused-ring (bicyclic) bond motifs is 1. The molecule has 236 valence electrons. The van der Waals surface area contributed by atoms with Crippen LogP contribution in [0.15, 0.2) is 114 Å². The molecule has 2 N–H and O–H groups in total. The van der Waals surface area contributed by atoms with Gasteiger partial charge in [0, 0.05) is 37.0 Å². The van der Waals surface area contributed by atoms with Crippen LogP contribution in [0.25, 0.3) is 11.1 Å². The maximum absolute atomic E-state index is 14.4. The van der Waals surface area contributed by atoms with Crippen LogP contribution in [0.2, 0.25) is 0 Å². The highest BCUT2D eigenvalue weighted by atomic mass is 16.4. The molecule has 7 nitrogen and oxygen atoms in total. The molecule has 1 saturated carbocycles. The fourth-order valence-electron chi connectivity index (χ4n) is 7.06. The second-order valence-corrected chi connectivity index (χ2v) is 13.4. The first kappa shape index (κ1) is 31.4. The number of hydrogen-bond acceptors (Lipinski definition) is 5. The van der Waals surface area contributed by atoms with Crippen LogP contribution in [0.3, 0.4) is 0 Å². The van der Waals surface area contributed by atoms with Gasteiger partial charge < -0.3 is 15.1 Å². The summed E-state index contributed by atoms with van der Waals surface area (Å²) in [5.74, 6) is -2.12. The Kier molecular flexibility index (Phi) is 8.87. The fourth-order valence-corrected chi connectivity index (χ4v) is 7.06.